The molecule has 2 N–H and O–H groups in total. The van der Waals surface area contributed by atoms with Gasteiger partial charge in [0.1, 0.15) is 11.8 Å². The number of aliphatic hydroxyl groups is 1. The van der Waals surface area contributed by atoms with Crippen molar-refractivity contribution in [2.24, 2.45) is 5.92 Å². The molecule has 8 heteroatoms. The van der Waals surface area contributed by atoms with Crippen LogP contribution in [-0.4, -0.2) is 57.5 Å². The van der Waals surface area contributed by atoms with Crippen LogP contribution in [0.5, 0.6) is 0 Å². The number of likely N-dealkylation sites (tertiary alicyclic amines) is 1. The molecule has 33 heavy (non-hydrogen) atoms. The first-order valence-electron chi connectivity index (χ1n) is 11.5. The Balaban J connectivity index is 1.41. The average molecular weight is 454 g/mol. The zero-order valence-corrected chi connectivity index (χ0v) is 19.4. The summed E-state index contributed by atoms with van der Waals surface area (Å²) in [5, 5.41) is 13.2. The topological polar surface area (TPSA) is 99.2 Å². The summed E-state index contributed by atoms with van der Waals surface area (Å²) in [6, 6.07) is 5.12. The van der Waals surface area contributed by atoms with Gasteiger partial charge in [-0.15, -0.1) is 0 Å². The number of hydrogen-bond donors (Lipinski definition) is 2. The molecule has 4 rings (SSSR count). The number of aliphatic hydroxyl groups excluding tert-OH is 1. The van der Waals surface area contributed by atoms with E-state index in [1.807, 2.05) is 39.0 Å². The maximum absolute atomic E-state index is 12.3. The molecule has 1 aromatic carbocycles. The Morgan fingerprint density at radius 3 is 2.58 bits per heavy atom. The number of nitrogens with one attached hydrogen (secondary N) is 1. The molecular formula is C25H31N3O5. The molecule has 3 heterocycles. The minimum absolute atomic E-state index is 0.178. The van der Waals surface area contributed by atoms with Gasteiger partial charge in [-0.05, 0) is 51.7 Å². The van der Waals surface area contributed by atoms with E-state index in [1.54, 1.807) is 9.80 Å². The van der Waals surface area contributed by atoms with Gasteiger partial charge < -0.3 is 14.7 Å². The Kier molecular flexibility index (Phi) is 6.46. The van der Waals surface area contributed by atoms with Gasteiger partial charge in [-0.2, -0.15) is 0 Å². The highest BCUT2D eigenvalue weighted by Gasteiger charge is 2.40. The summed E-state index contributed by atoms with van der Waals surface area (Å²) < 4.78 is 5.45. The van der Waals surface area contributed by atoms with Gasteiger partial charge in [-0.25, -0.2) is 4.79 Å². The minimum Gasteiger partial charge on any atom is -0.444 e. The fourth-order valence-corrected chi connectivity index (χ4v) is 4.58. The molecule has 0 saturated carbocycles. The van der Waals surface area contributed by atoms with Crippen LogP contribution < -0.4 is 5.32 Å². The first kappa shape index (κ1) is 23.3. The lowest BCUT2D eigenvalue weighted by Gasteiger charge is -2.31. The van der Waals surface area contributed by atoms with Gasteiger partial charge in [0.15, 0.2) is 0 Å². The average Bonchev–Trinajstić information content (AvgIpc) is 3.08. The molecule has 0 aliphatic carbocycles. The van der Waals surface area contributed by atoms with Crippen LogP contribution in [0.1, 0.15) is 69.4 Å². The quantitative estimate of drug-likeness (QED) is 0.500. The van der Waals surface area contributed by atoms with Crippen LogP contribution in [0.15, 0.2) is 18.2 Å². The normalized spacial score (nSPS) is 24.1. The highest BCUT2D eigenvalue weighted by Crippen LogP contribution is 2.36. The van der Waals surface area contributed by atoms with Crippen molar-refractivity contribution in [1.29, 1.82) is 0 Å². The van der Waals surface area contributed by atoms with Gasteiger partial charge in [0, 0.05) is 43.1 Å². The Bertz CT molecular complexity index is 1010. The van der Waals surface area contributed by atoms with Crippen LogP contribution in [-0.2, 0) is 20.9 Å². The van der Waals surface area contributed by atoms with E-state index in [2.05, 4.69) is 17.2 Å². The minimum atomic E-state index is -0.900. The smallest absolute Gasteiger partial charge is 0.410 e. The van der Waals surface area contributed by atoms with Crippen molar-refractivity contribution in [1.82, 2.24) is 15.1 Å². The molecule has 2 unspecified atom stereocenters. The lowest BCUT2D eigenvalue weighted by Crippen LogP contribution is -2.51. The summed E-state index contributed by atoms with van der Waals surface area (Å²) in [5.74, 6) is 6.18. The number of ether oxygens (including phenoxy) is 1. The van der Waals surface area contributed by atoms with Crippen molar-refractivity contribution in [3.05, 3.63) is 34.9 Å². The standard InChI is InChI=1S/C25H31N3O5/c1-25(2,3)33-24(32)27-13-11-16(12-14-27)7-8-17-5-4-6-18-19(17)15-28(23(18)31)20-9-10-21(29)26-22(20)30/h4-6,16,20,23,31H,9-15H2,1-3H3,(H,26,29,30). The number of amides is 3. The van der Waals surface area contributed by atoms with Crippen molar-refractivity contribution >= 4 is 17.9 Å². The molecular weight excluding hydrogens is 422 g/mol. The van der Waals surface area contributed by atoms with Crippen molar-refractivity contribution in [2.45, 2.75) is 70.9 Å². The summed E-state index contributed by atoms with van der Waals surface area (Å²) in [4.78, 5) is 39.5. The summed E-state index contributed by atoms with van der Waals surface area (Å²) in [5.41, 5.74) is 2.02. The van der Waals surface area contributed by atoms with E-state index in [0.717, 1.165) is 29.5 Å². The largest absolute Gasteiger partial charge is 0.444 e. The lowest BCUT2D eigenvalue weighted by atomic mass is 9.96. The maximum Gasteiger partial charge on any atom is 0.410 e. The van der Waals surface area contributed by atoms with Crippen molar-refractivity contribution < 1.29 is 24.2 Å². The second-order valence-corrected chi connectivity index (χ2v) is 9.90. The molecule has 3 aliphatic heterocycles. The van der Waals surface area contributed by atoms with Crippen molar-refractivity contribution in [3.8, 4) is 11.8 Å². The molecule has 3 amide bonds. The number of fused-ring (bicyclic) bond motifs is 1. The molecule has 1 aromatic rings. The fourth-order valence-electron chi connectivity index (χ4n) is 4.58. The molecule has 2 fully saturated rings. The number of hydrogen-bond acceptors (Lipinski definition) is 6. The first-order chi connectivity index (χ1) is 15.6. The molecule has 2 atom stereocenters. The maximum atomic E-state index is 12.3. The van der Waals surface area contributed by atoms with Crippen LogP contribution in [0.2, 0.25) is 0 Å². The fraction of sp³-hybridized carbons (Fsp3) is 0.560. The van der Waals surface area contributed by atoms with Crippen LogP contribution in [0.4, 0.5) is 4.79 Å². The molecule has 0 aromatic heterocycles. The highest BCUT2D eigenvalue weighted by atomic mass is 16.6. The SMILES string of the molecule is CC(C)(C)OC(=O)N1CCC(C#Cc2cccc3c2CN(C2CCC(=O)NC2=O)C3O)CC1. The molecule has 2 saturated heterocycles. The Labute approximate surface area is 194 Å². The van der Waals surface area contributed by atoms with Gasteiger partial charge in [0.2, 0.25) is 11.8 Å². The zero-order valence-electron chi connectivity index (χ0n) is 19.4. The van der Waals surface area contributed by atoms with E-state index in [9.17, 15) is 19.5 Å². The number of imide groups is 1. The number of benzene rings is 1. The van der Waals surface area contributed by atoms with E-state index < -0.39 is 17.9 Å². The van der Waals surface area contributed by atoms with E-state index in [4.69, 9.17) is 4.74 Å². The number of carbonyl (C=O) groups excluding carboxylic acids is 3. The van der Waals surface area contributed by atoms with Gasteiger partial charge in [-0.1, -0.05) is 24.0 Å². The van der Waals surface area contributed by atoms with Gasteiger partial charge in [0.25, 0.3) is 0 Å². The summed E-state index contributed by atoms with van der Waals surface area (Å²) in [6.45, 7) is 7.22. The third-order valence-electron chi connectivity index (χ3n) is 6.31. The highest BCUT2D eigenvalue weighted by molar-refractivity contribution is 6.00. The molecule has 0 radical (unpaired) electrons. The van der Waals surface area contributed by atoms with E-state index in [1.165, 1.54) is 0 Å². The third-order valence-corrected chi connectivity index (χ3v) is 6.31. The van der Waals surface area contributed by atoms with E-state index in [-0.39, 0.29) is 30.2 Å². The van der Waals surface area contributed by atoms with Crippen molar-refractivity contribution in [3.63, 3.8) is 0 Å². The predicted octanol–water partition coefficient (Wildman–Crippen LogP) is 2.30. The predicted molar refractivity (Wildman–Crippen MR) is 121 cm³/mol. The van der Waals surface area contributed by atoms with Gasteiger partial charge in [0.05, 0.1) is 6.04 Å². The van der Waals surface area contributed by atoms with Gasteiger partial charge in [-0.3, -0.25) is 19.8 Å². The van der Waals surface area contributed by atoms with E-state index >= 15 is 0 Å². The Morgan fingerprint density at radius 1 is 1.18 bits per heavy atom. The van der Waals surface area contributed by atoms with Crippen LogP contribution >= 0.6 is 0 Å². The third kappa shape index (κ3) is 5.21. The molecule has 0 spiro atoms. The number of carbonyl (C=O) groups is 3. The summed E-state index contributed by atoms with van der Waals surface area (Å²) in [6.07, 6.45) is 1.05. The molecule has 8 nitrogen and oxygen atoms in total. The monoisotopic (exact) mass is 453 g/mol. The van der Waals surface area contributed by atoms with Crippen molar-refractivity contribution in [2.75, 3.05) is 13.1 Å². The Hall–Kier alpha value is -2.89. The second kappa shape index (κ2) is 9.16. The molecule has 3 aliphatic rings. The number of nitrogens with zero attached hydrogens (tertiary/aromatic N) is 2. The number of piperidine rings is 2. The molecule has 0 bridgehead atoms. The number of rotatable bonds is 1. The lowest BCUT2D eigenvalue weighted by molar-refractivity contribution is -0.141. The summed E-state index contributed by atoms with van der Waals surface area (Å²) >= 11 is 0. The Morgan fingerprint density at radius 2 is 1.91 bits per heavy atom. The van der Waals surface area contributed by atoms with E-state index in [0.29, 0.717) is 26.1 Å². The van der Waals surface area contributed by atoms with Crippen LogP contribution in [0, 0.1) is 17.8 Å². The van der Waals surface area contributed by atoms with Crippen LogP contribution in [0.3, 0.4) is 0 Å². The van der Waals surface area contributed by atoms with Crippen LogP contribution in [0.25, 0.3) is 0 Å². The first-order valence-corrected chi connectivity index (χ1v) is 11.5. The zero-order chi connectivity index (χ0) is 23.8. The second-order valence-electron chi connectivity index (χ2n) is 9.90. The molecule has 176 valence electrons. The summed E-state index contributed by atoms with van der Waals surface area (Å²) in [7, 11) is 0. The van der Waals surface area contributed by atoms with Gasteiger partial charge >= 0.3 is 6.09 Å².